The van der Waals surface area contributed by atoms with Crippen molar-refractivity contribution in [2.75, 3.05) is 6.61 Å². The fourth-order valence-corrected chi connectivity index (χ4v) is 2.49. The second kappa shape index (κ2) is 8.25. The second-order valence-electron chi connectivity index (χ2n) is 4.33. The molecule has 6 heteroatoms. The number of aliphatic hydroxyl groups excluding tert-OH is 1. The predicted octanol–water partition coefficient (Wildman–Crippen LogP) is 1.38. The molecule has 0 saturated carbocycles. The quantitative estimate of drug-likeness (QED) is 0.792. The Balaban J connectivity index is 1.79. The molecule has 0 atom stereocenters. The van der Waals surface area contributed by atoms with Crippen molar-refractivity contribution in [3.05, 3.63) is 40.3 Å². The van der Waals surface area contributed by atoms with Crippen LogP contribution in [0.5, 0.6) is 0 Å². The van der Waals surface area contributed by atoms with E-state index in [2.05, 4.69) is 22.3 Å². The average molecular weight is 303 g/mol. The standard InChI is InChI=1S/C15H17N3O2S/c19-10-2-1-4-13-6-11-21-14(13)12-16-15(20)5-9-18-8-3-7-17-18/h3,6-8,11,19H,2,5,9-10,12H2,(H,16,20). The van der Waals surface area contributed by atoms with Crippen molar-refractivity contribution >= 4 is 17.2 Å². The van der Waals surface area contributed by atoms with Gasteiger partial charge in [0.1, 0.15) is 0 Å². The fraction of sp³-hybridized carbons (Fsp3) is 0.333. The van der Waals surface area contributed by atoms with E-state index >= 15 is 0 Å². The average Bonchev–Trinajstić information content (AvgIpc) is 3.15. The van der Waals surface area contributed by atoms with Crippen LogP contribution in [0, 0.1) is 11.8 Å². The summed E-state index contributed by atoms with van der Waals surface area (Å²) in [4.78, 5) is 12.8. The number of aromatic nitrogens is 2. The number of rotatable bonds is 6. The van der Waals surface area contributed by atoms with Crippen LogP contribution >= 0.6 is 11.3 Å². The summed E-state index contributed by atoms with van der Waals surface area (Å²) < 4.78 is 1.73. The summed E-state index contributed by atoms with van der Waals surface area (Å²) in [6.45, 7) is 1.13. The summed E-state index contributed by atoms with van der Waals surface area (Å²) in [6.07, 6.45) is 4.40. The highest BCUT2D eigenvalue weighted by Gasteiger charge is 2.05. The van der Waals surface area contributed by atoms with Crippen molar-refractivity contribution in [3.63, 3.8) is 0 Å². The lowest BCUT2D eigenvalue weighted by Crippen LogP contribution is -2.23. The van der Waals surface area contributed by atoms with Crippen LogP contribution in [-0.4, -0.2) is 27.4 Å². The minimum Gasteiger partial charge on any atom is -0.395 e. The first kappa shape index (κ1) is 15.3. The number of aryl methyl sites for hydroxylation is 1. The Hall–Kier alpha value is -2.10. The Kier molecular flexibility index (Phi) is 6.00. The highest BCUT2D eigenvalue weighted by Crippen LogP contribution is 2.15. The van der Waals surface area contributed by atoms with Crippen LogP contribution in [0.25, 0.3) is 0 Å². The maximum absolute atomic E-state index is 11.8. The van der Waals surface area contributed by atoms with Gasteiger partial charge in [0.2, 0.25) is 5.91 Å². The van der Waals surface area contributed by atoms with Gasteiger partial charge in [-0.05, 0) is 17.5 Å². The molecule has 0 saturated heterocycles. The van der Waals surface area contributed by atoms with Gasteiger partial charge in [0.25, 0.3) is 0 Å². The smallest absolute Gasteiger partial charge is 0.222 e. The van der Waals surface area contributed by atoms with E-state index < -0.39 is 0 Å². The van der Waals surface area contributed by atoms with Crippen molar-refractivity contribution in [1.29, 1.82) is 0 Å². The number of carbonyl (C=O) groups excluding carboxylic acids is 1. The molecular formula is C15H17N3O2S. The molecule has 0 fully saturated rings. The molecular weight excluding hydrogens is 286 g/mol. The van der Waals surface area contributed by atoms with E-state index in [0.717, 1.165) is 10.4 Å². The summed E-state index contributed by atoms with van der Waals surface area (Å²) in [5, 5.41) is 17.6. The maximum atomic E-state index is 11.8. The van der Waals surface area contributed by atoms with Crippen LogP contribution in [0.15, 0.2) is 29.9 Å². The summed E-state index contributed by atoms with van der Waals surface area (Å²) in [6, 6.07) is 3.77. The fourth-order valence-electron chi connectivity index (χ4n) is 1.72. The molecule has 0 bridgehead atoms. The number of thiophene rings is 1. The Morgan fingerprint density at radius 1 is 1.52 bits per heavy atom. The van der Waals surface area contributed by atoms with Gasteiger partial charge in [0, 0.05) is 42.2 Å². The van der Waals surface area contributed by atoms with E-state index in [4.69, 9.17) is 5.11 Å². The highest BCUT2D eigenvalue weighted by molar-refractivity contribution is 7.10. The lowest BCUT2D eigenvalue weighted by molar-refractivity contribution is -0.121. The van der Waals surface area contributed by atoms with E-state index in [1.165, 1.54) is 0 Å². The molecule has 0 aliphatic heterocycles. The Labute approximate surface area is 127 Å². The van der Waals surface area contributed by atoms with Crippen LogP contribution in [0.1, 0.15) is 23.3 Å². The van der Waals surface area contributed by atoms with E-state index in [9.17, 15) is 4.79 Å². The molecule has 0 aliphatic rings. The van der Waals surface area contributed by atoms with Gasteiger partial charge in [-0.15, -0.1) is 11.3 Å². The van der Waals surface area contributed by atoms with Crippen LogP contribution in [-0.2, 0) is 17.9 Å². The molecule has 0 unspecified atom stereocenters. The molecule has 21 heavy (non-hydrogen) atoms. The van der Waals surface area contributed by atoms with Gasteiger partial charge in [0.05, 0.1) is 13.2 Å². The first-order chi connectivity index (χ1) is 10.3. The second-order valence-corrected chi connectivity index (χ2v) is 5.33. The van der Waals surface area contributed by atoms with Crippen molar-refractivity contribution < 1.29 is 9.90 Å². The zero-order chi connectivity index (χ0) is 14.9. The number of nitrogens with one attached hydrogen (secondary N) is 1. The Bertz CT molecular complexity index is 623. The van der Waals surface area contributed by atoms with Crippen molar-refractivity contribution in [3.8, 4) is 11.8 Å². The number of nitrogens with zero attached hydrogens (tertiary/aromatic N) is 2. The molecule has 2 rings (SSSR count). The monoisotopic (exact) mass is 303 g/mol. The Morgan fingerprint density at radius 2 is 2.43 bits per heavy atom. The topological polar surface area (TPSA) is 67.2 Å². The van der Waals surface area contributed by atoms with Gasteiger partial charge in [-0.25, -0.2) is 0 Å². The number of carbonyl (C=O) groups is 1. The Morgan fingerprint density at radius 3 is 3.19 bits per heavy atom. The van der Waals surface area contributed by atoms with Crippen molar-refractivity contribution in [2.45, 2.75) is 25.9 Å². The minimum absolute atomic E-state index is 0.00633. The summed E-state index contributed by atoms with van der Waals surface area (Å²) >= 11 is 1.57. The first-order valence-electron chi connectivity index (χ1n) is 6.70. The van der Waals surface area contributed by atoms with Crippen molar-refractivity contribution in [2.24, 2.45) is 0 Å². The zero-order valence-electron chi connectivity index (χ0n) is 11.6. The van der Waals surface area contributed by atoms with E-state index in [1.807, 2.05) is 23.7 Å². The third-order valence-electron chi connectivity index (χ3n) is 2.78. The maximum Gasteiger partial charge on any atom is 0.222 e. The van der Waals surface area contributed by atoms with Crippen LogP contribution < -0.4 is 5.32 Å². The van der Waals surface area contributed by atoms with Gasteiger partial charge in [-0.3, -0.25) is 9.48 Å². The minimum atomic E-state index is -0.00633. The van der Waals surface area contributed by atoms with Gasteiger partial charge in [-0.2, -0.15) is 5.10 Å². The molecule has 0 radical (unpaired) electrons. The number of amides is 1. The van der Waals surface area contributed by atoms with Gasteiger partial charge in [-0.1, -0.05) is 11.8 Å². The molecule has 2 heterocycles. The molecule has 2 N–H and O–H groups in total. The molecule has 0 spiro atoms. The normalized spacial score (nSPS) is 9.95. The molecule has 0 aliphatic carbocycles. The summed E-state index contributed by atoms with van der Waals surface area (Å²) in [5.41, 5.74) is 0.917. The number of aliphatic hydroxyl groups is 1. The van der Waals surface area contributed by atoms with Gasteiger partial charge >= 0.3 is 0 Å². The van der Waals surface area contributed by atoms with E-state index in [0.29, 0.717) is 25.9 Å². The molecule has 2 aromatic heterocycles. The van der Waals surface area contributed by atoms with E-state index in [-0.39, 0.29) is 12.5 Å². The predicted molar refractivity (Wildman–Crippen MR) is 81.6 cm³/mol. The van der Waals surface area contributed by atoms with Crippen molar-refractivity contribution in [1.82, 2.24) is 15.1 Å². The van der Waals surface area contributed by atoms with E-state index in [1.54, 1.807) is 22.2 Å². The number of hydrogen-bond acceptors (Lipinski definition) is 4. The SMILES string of the molecule is O=C(CCn1cccn1)NCc1sccc1C#CCCO. The molecule has 0 aromatic carbocycles. The van der Waals surface area contributed by atoms with Crippen LogP contribution in [0.4, 0.5) is 0 Å². The molecule has 1 amide bonds. The largest absolute Gasteiger partial charge is 0.395 e. The molecule has 110 valence electrons. The zero-order valence-corrected chi connectivity index (χ0v) is 12.4. The third kappa shape index (κ3) is 5.06. The molecule has 2 aromatic rings. The third-order valence-corrected chi connectivity index (χ3v) is 3.70. The van der Waals surface area contributed by atoms with Gasteiger partial charge in [0.15, 0.2) is 0 Å². The highest BCUT2D eigenvalue weighted by atomic mass is 32.1. The number of hydrogen-bond donors (Lipinski definition) is 2. The summed E-state index contributed by atoms with van der Waals surface area (Å²) in [5.74, 6) is 5.89. The first-order valence-corrected chi connectivity index (χ1v) is 7.58. The van der Waals surface area contributed by atoms with Gasteiger partial charge < -0.3 is 10.4 Å². The molecule has 5 nitrogen and oxygen atoms in total. The summed E-state index contributed by atoms with van der Waals surface area (Å²) in [7, 11) is 0. The lowest BCUT2D eigenvalue weighted by Gasteiger charge is -2.04. The van der Waals surface area contributed by atoms with Crippen LogP contribution in [0.2, 0.25) is 0 Å². The van der Waals surface area contributed by atoms with Crippen LogP contribution in [0.3, 0.4) is 0 Å². The lowest BCUT2D eigenvalue weighted by atomic mass is 10.2.